The normalized spacial score (nSPS) is 16.5. The predicted octanol–water partition coefficient (Wildman–Crippen LogP) is -2.20. The fourth-order valence-electron chi connectivity index (χ4n) is 7.49. The number of amides is 8. The Hall–Kier alpha value is -6.61. The number of guanidine groups is 1. The summed E-state index contributed by atoms with van der Waals surface area (Å²) in [5, 5.41) is 13.3. The minimum Gasteiger partial charge on any atom is -0.370 e. The second-order valence-electron chi connectivity index (χ2n) is 16.6. The average Bonchev–Trinajstić information content (AvgIpc) is 3.78. The van der Waals surface area contributed by atoms with Crippen LogP contribution in [0.2, 0.25) is 0 Å². The second-order valence-corrected chi connectivity index (χ2v) is 16.6. The number of hydrogen-bond donors (Lipinski definition) is 11. The van der Waals surface area contributed by atoms with E-state index in [2.05, 4.69) is 31.6 Å². The van der Waals surface area contributed by atoms with Crippen LogP contribution in [0.15, 0.2) is 65.7 Å². The molecule has 0 radical (unpaired) electrons. The van der Waals surface area contributed by atoms with Crippen LogP contribution in [0.25, 0.3) is 0 Å². The maximum Gasteiger partial charge on any atom is 0.243 e. The quantitative estimate of drug-likeness (QED) is 0.0246. The summed E-state index contributed by atoms with van der Waals surface area (Å²) in [6, 6.07) is 9.23. The van der Waals surface area contributed by atoms with Crippen molar-refractivity contribution in [1.82, 2.24) is 31.5 Å². The number of aliphatic imine (C=N–C) groups is 1. The van der Waals surface area contributed by atoms with Gasteiger partial charge in [-0.3, -0.25) is 43.3 Å². The Bertz CT molecular complexity index is 1970. The van der Waals surface area contributed by atoms with Gasteiger partial charge in [0, 0.05) is 25.9 Å². The Morgan fingerprint density at radius 2 is 1.26 bits per heavy atom. The van der Waals surface area contributed by atoms with Crippen molar-refractivity contribution in [2.45, 2.75) is 127 Å². The largest absolute Gasteiger partial charge is 0.370 e. The topological polar surface area (TPSA) is 368 Å². The maximum absolute atomic E-state index is 14.3. The number of unbranched alkanes of at least 4 members (excludes halogenated alkanes) is 1. The Kier molecular flexibility index (Phi) is 22.5. The summed E-state index contributed by atoms with van der Waals surface area (Å²) in [7, 11) is 0. The molecule has 17 N–H and O–H groups in total. The number of primary amides is 2. The van der Waals surface area contributed by atoms with Crippen LogP contribution in [0.5, 0.6) is 0 Å². The van der Waals surface area contributed by atoms with Gasteiger partial charge < -0.3 is 65.9 Å². The van der Waals surface area contributed by atoms with Crippen molar-refractivity contribution in [2.24, 2.45) is 45.3 Å². The molecule has 0 spiro atoms. The number of nitrogens with zero attached hydrogens (tertiary/aromatic N) is 2. The molecule has 0 saturated carbocycles. The van der Waals surface area contributed by atoms with Crippen molar-refractivity contribution in [2.75, 3.05) is 19.6 Å². The van der Waals surface area contributed by atoms with Crippen LogP contribution in [0.1, 0.15) is 82.8 Å². The van der Waals surface area contributed by atoms with E-state index in [0.717, 1.165) is 5.56 Å². The zero-order chi connectivity index (χ0) is 48.8. The summed E-state index contributed by atoms with van der Waals surface area (Å²) in [6.45, 7) is 4.35. The van der Waals surface area contributed by atoms with E-state index in [-0.39, 0.29) is 51.2 Å². The van der Waals surface area contributed by atoms with Gasteiger partial charge in [0.15, 0.2) is 5.96 Å². The molecule has 362 valence electrons. The van der Waals surface area contributed by atoms with Gasteiger partial charge in [-0.1, -0.05) is 87.4 Å². The molecule has 21 heteroatoms. The van der Waals surface area contributed by atoms with Crippen LogP contribution in [-0.4, -0.2) is 120 Å². The number of carbonyl (C=O) groups is 8. The van der Waals surface area contributed by atoms with E-state index in [1.165, 1.54) is 4.90 Å². The molecule has 0 aliphatic carbocycles. The third-order valence-electron chi connectivity index (χ3n) is 11.4. The number of nitrogens with two attached hydrogens (primary N) is 6. The van der Waals surface area contributed by atoms with E-state index in [4.69, 9.17) is 34.4 Å². The first kappa shape index (κ1) is 53.7. The molecule has 3 rings (SSSR count). The van der Waals surface area contributed by atoms with E-state index in [9.17, 15) is 38.4 Å². The number of hydrogen-bond acceptors (Lipinski definition) is 11. The van der Waals surface area contributed by atoms with Crippen molar-refractivity contribution >= 4 is 53.2 Å². The Morgan fingerprint density at radius 3 is 1.82 bits per heavy atom. The highest BCUT2D eigenvalue weighted by Gasteiger charge is 2.39. The fourth-order valence-corrected chi connectivity index (χ4v) is 7.49. The summed E-state index contributed by atoms with van der Waals surface area (Å²) < 4.78 is 0. The first-order valence-corrected chi connectivity index (χ1v) is 22.4. The van der Waals surface area contributed by atoms with Crippen molar-refractivity contribution in [1.29, 1.82) is 0 Å². The monoisotopic (exact) mass is 920 g/mol. The van der Waals surface area contributed by atoms with Crippen molar-refractivity contribution in [3.63, 3.8) is 0 Å². The molecule has 2 aromatic carbocycles. The minimum absolute atomic E-state index is 0.0282. The fraction of sp³-hybridized carbons (Fsp3) is 0.533. The average molecular weight is 920 g/mol. The highest BCUT2D eigenvalue weighted by molar-refractivity contribution is 5.98. The Morgan fingerprint density at radius 1 is 0.697 bits per heavy atom. The number of rotatable bonds is 28. The molecule has 8 amide bonds. The lowest BCUT2D eigenvalue weighted by atomic mass is 9.96. The van der Waals surface area contributed by atoms with Gasteiger partial charge in [-0.2, -0.15) is 0 Å². The molecule has 8 atom stereocenters. The Balaban J connectivity index is 1.87. The molecule has 2 aromatic rings. The molecule has 1 saturated heterocycles. The van der Waals surface area contributed by atoms with Crippen LogP contribution in [0.3, 0.4) is 0 Å². The summed E-state index contributed by atoms with van der Waals surface area (Å²) >= 11 is 0. The van der Waals surface area contributed by atoms with E-state index in [0.29, 0.717) is 44.2 Å². The molecular formula is C45H69N13O8. The molecular weight excluding hydrogens is 851 g/mol. The highest BCUT2D eigenvalue weighted by Crippen LogP contribution is 2.20. The number of likely N-dealkylation sites (tertiary alicyclic amines) is 1. The van der Waals surface area contributed by atoms with Gasteiger partial charge in [0.1, 0.15) is 36.3 Å². The van der Waals surface area contributed by atoms with Gasteiger partial charge in [-0.05, 0) is 62.1 Å². The maximum atomic E-state index is 14.3. The number of carbonyl (C=O) groups excluding carboxylic acids is 8. The van der Waals surface area contributed by atoms with Gasteiger partial charge in [0.05, 0.1) is 12.5 Å². The van der Waals surface area contributed by atoms with Gasteiger partial charge >= 0.3 is 0 Å². The van der Waals surface area contributed by atoms with Gasteiger partial charge in [-0.15, -0.1) is 0 Å². The van der Waals surface area contributed by atoms with Crippen molar-refractivity contribution in [3.05, 3.63) is 71.8 Å². The summed E-state index contributed by atoms with van der Waals surface area (Å²) in [4.78, 5) is 113. The summed E-state index contributed by atoms with van der Waals surface area (Å²) in [6.07, 6.45) is 2.50. The number of nitrogens with one attached hydrogen (secondary N) is 5. The van der Waals surface area contributed by atoms with E-state index < -0.39 is 102 Å². The SMILES string of the molecule is CC[C@H](C)[C@H](NC(=O)[C@H](Cc1ccccc1)NC(=O)[C@H](CC(N)=O)NC(=O)[C@@H]1CCCN1C(=O)[C@@H](N)CCCCN)C(=O)N[C@@H](CCCN=C(N)N)C(=O)N[C@@H](Cc1ccccc1)C(N)=O. The third-order valence-corrected chi connectivity index (χ3v) is 11.4. The lowest BCUT2D eigenvalue weighted by Crippen LogP contribution is -2.61. The molecule has 66 heavy (non-hydrogen) atoms. The summed E-state index contributed by atoms with van der Waals surface area (Å²) in [5.74, 6) is -6.69. The Labute approximate surface area is 385 Å². The van der Waals surface area contributed by atoms with Crippen molar-refractivity contribution < 1.29 is 38.4 Å². The first-order chi connectivity index (χ1) is 31.4. The molecule has 1 fully saturated rings. The smallest absolute Gasteiger partial charge is 0.243 e. The molecule has 0 bridgehead atoms. The predicted molar refractivity (Wildman–Crippen MR) is 248 cm³/mol. The van der Waals surface area contributed by atoms with Crippen molar-refractivity contribution in [3.8, 4) is 0 Å². The molecule has 0 unspecified atom stereocenters. The minimum atomic E-state index is -1.55. The second kappa shape index (κ2) is 27.7. The number of benzene rings is 2. The van der Waals surface area contributed by atoms with E-state index in [1.54, 1.807) is 74.5 Å². The third kappa shape index (κ3) is 17.8. The van der Waals surface area contributed by atoms with E-state index >= 15 is 0 Å². The molecule has 1 aliphatic heterocycles. The summed E-state index contributed by atoms with van der Waals surface area (Å²) in [5.41, 5.74) is 35.3. The zero-order valence-corrected chi connectivity index (χ0v) is 37.9. The lowest BCUT2D eigenvalue weighted by Gasteiger charge is -2.30. The van der Waals surface area contributed by atoms with E-state index in [1.807, 2.05) is 0 Å². The first-order valence-electron chi connectivity index (χ1n) is 22.4. The van der Waals surface area contributed by atoms with Crippen LogP contribution in [0, 0.1) is 5.92 Å². The highest BCUT2D eigenvalue weighted by atomic mass is 16.2. The van der Waals surface area contributed by atoms with Crippen LogP contribution < -0.4 is 61.0 Å². The van der Waals surface area contributed by atoms with Gasteiger partial charge in [0.25, 0.3) is 0 Å². The zero-order valence-electron chi connectivity index (χ0n) is 37.9. The van der Waals surface area contributed by atoms with Gasteiger partial charge in [0.2, 0.25) is 47.3 Å². The molecule has 21 nitrogen and oxygen atoms in total. The lowest BCUT2D eigenvalue weighted by molar-refractivity contribution is -0.141. The molecule has 0 aromatic heterocycles. The molecule has 1 heterocycles. The van der Waals surface area contributed by atoms with Crippen LogP contribution in [-0.2, 0) is 51.2 Å². The van der Waals surface area contributed by atoms with Crippen LogP contribution >= 0.6 is 0 Å². The van der Waals surface area contributed by atoms with Gasteiger partial charge in [-0.25, -0.2) is 0 Å². The van der Waals surface area contributed by atoms with Crippen LogP contribution in [0.4, 0.5) is 0 Å². The molecule has 1 aliphatic rings. The standard InChI is InChI=1S/C45H69N13O8/c1-3-27(2)37(43(65)53-31(19-12-22-52-45(50)51)39(61)54-32(38(49)60)24-28-14-6-4-7-15-28)57-41(63)33(25-29-16-8-5-9-17-29)55-40(62)34(26-36(48)59)56-42(64)35-20-13-23-58(35)44(66)30(47)18-10-11-21-46/h4-9,14-17,27,30-35,37H,3,10-13,18-26,46-47H2,1-2H3,(H2,48,59)(H2,49,60)(H,53,65)(H,54,61)(H,55,62)(H,56,64)(H,57,63)(H4,50,51,52)/t27-,30-,31-,32-,33-,34-,35-,37-/m0/s1.